The molecule has 0 aliphatic carbocycles. The third-order valence-electron chi connectivity index (χ3n) is 0.133. The summed E-state index contributed by atoms with van der Waals surface area (Å²) < 4.78 is 21.6. The smallest absolute Gasteiger partial charge is 0.563 e. The normalized spacial score (nSPS) is 10.0. The van der Waals surface area contributed by atoms with E-state index < -0.39 is 16.5 Å². The average Bonchev–Trinajstić information content (AvgIpc) is 1.68. The van der Waals surface area contributed by atoms with E-state index in [2.05, 4.69) is 15.9 Å². The van der Waals surface area contributed by atoms with Crippen LogP contribution in [0.3, 0.4) is 0 Å². The predicted octanol–water partition coefficient (Wildman–Crippen LogP) is -0.487. The van der Waals surface area contributed by atoms with Gasteiger partial charge in [-0.3, -0.25) is 0 Å². The molecule has 0 heterocycles. The van der Waals surface area contributed by atoms with Crippen molar-refractivity contribution >= 4 is 51.2 Å². The molecule has 0 spiro atoms. The summed E-state index contributed by atoms with van der Waals surface area (Å²) in [6.45, 7) is 0. The van der Waals surface area contributed by atoms with Crippen molar-refractivity contribution in [2.75, 3.05) is 6.38 Å². The van der Waals surface area contributed by atoms with Crippen LogP contribution < -0.4 is 9.79 Å². The quantitative estimate of drug-likeness (QED) is 0.353. The SMILES string of the molecule is CCl.O=[P+]([O-])O[P+](=O)[O-].[Mg+2]. The van der Waals surface area contributed by atoms with Gasteiger partial charge >= 0.3 is 39.6 Å². The molecule has 0 fully saturated rings. The van der Waals surface area contributed by atoms with E-state index in [1.165, 1.54) is 6.38 Å². The van der Waals surface area contributed by atoms with Crippen molar-refractivity contribution in [2.45, 2.75) is 0 Å². The van der Waals surface area contributed by atoms with Crippen LogP contribution in [-0.2, 0) is 13.4 Å². The van der Waals surface area contributed by atoms with Crippen molar-refractivity contribution in [1.29, 1.82) is 0 Å². The van der Waals surface area contributed by atoms with Crippen LogP contribution in [0.1, 0.15) is 0 Å². The summed E-state index contributed by atoms with van der Waals surface area (Å²) in [7, 11) is -6.47. The summed E-state index contributed by atoms with van der Waals surface area (Å²) in [5.41, 5.74) is 0. The van der Waals surface area contributed by atoms with Gasteiger partial charge in [0.15, 0.2) is 0 Å². The Labute approximate surface area is 80.8 Å². The fourth-order valence-corrected chi connectivity index (χ4v) is 0.490. The zero-order valence-corrected chi connectivity index (χ0v) is 8.98. The first-order valence-electron chi connectivity index (χ1n) is 1.47. The minimum atomic E-state index is -3.24. The van der Waals surface area contributed by atoms with Gasteiger partial charge in [0.25, 0.3) is 0 Å². The Morgan fingerprint density at radius 3 is 1.40 bits per heavy atom. The first-order chi connectivity index (χ1) is 4.13. The monoisotopic (exact) mass is 216 g/mol. The molecule has 0 aromatic rings. The van der Waals surface area contributed by atoms with Crippen molar-refractivity contribution < 1.29 is 23.2 Å². The molecule has 0 saturated heterocycles. The van der Waals surface area contributed by atoms with E-state index in [1.54, 1.807) is 0 Å². The summed E-state index contributed by atoms with van der Waals surface area (Å²) in [5, 5.41) is 0. The molecule has 0 radical (unpaired) electrons. The van der Waals surface area contributed by atoms with E-state index in [4.69, 9.17) is 0 Å². The molecule has 0 N–H and O–H groups in total. The maximum atomic E-state index is 9.24. The second kappa shape index (κ2) is 12.8. The van der Waals surface area contributed by atoms with Crippen molar-refractivity contribution in [3.05, 3.63) is 0 Å². The van der Waals surface area contributed by atoms with Gasteiger partial charge in [-0.2, -0.15) is 0 Å². The fourth-order valence-electron chi connectivity index (χ4n) is 0.0544. The maximum Gasteiger partial charge on any atom is 2.00 e. The van der Waals surface area contributed by atoms with Crippen LogP contribution >= 0.6 is 28.1 Å². The van der Waals surface area contributed by atoms with Crippen LogP contribution in [0.25, 0.3) is 0 Å². The molecular formula is CH3ClMgO5P2+2. The summed E-state index contributed by atoms with van der Waals surface area (Å²) in [4.78, 5) is 18.5. The largest absolute Gasteiger partial charge is 2.00 e. The van der Waals surface area contributed by atoms with Gasteiger partial charge in [-0.25, -0.2) is 0 Å². The zero-order chi connectivity index (χ0) is 7.86. The number of halogens is 1. The molecule has 0 amide bonds. The minimum absolute atomic E-state index is 0. The molecule has 2 atom stereocenters. The third-order valence-corrected chi connectivity index (χ3v) is 1.20. The van der Waals surface area contributed by atoms with Gasteiger partial charge in [-0.15, -0.1) is 11.6 Å². The van der Waals surface area contributed by atoms with Crippen molar-refractivity contribution in [2.24, 2.45) is 0 Å². The summed E-state index contributed by atoms with van der Waals surface area (Å²) in [5.74, 6) is 0. The molecule has 9 heteroatoms. The van der Waals surface area contributed by atoms with Gasteiger partial charge in [-0.1, -0.05) is 0 Å². The Kier molecular flexibility index (Phi) is 22.1. The minimum Gasteiger partial charge on any atom is -0.563 e. The van der Waals surface area contributed by atoms with Crippen molar-refractivity contribution in [3.63, 3.8) is 0 Å². The van der Waals surface area contributed by atoms with E-state index in [0.29, 0.717) is 0 Å². The molecule has 0 saturated carbocycles. The molecule has 0 aliphatic heterocycles. The second-order valence-electron chi connectivity index (χ2n) is 0.529. The maximum absolute atomic E-state index is 9.24. The molecule has 5 nitrogen and oxygen atoms in total. The second-order valence-corrected chi connectivity index (χ2v) is 2.08. The number of hydrogen-bond acceptors (Lipinski definition) is 5. The van der Waals surface area contributed by atoms with Crippen LogP contribution in [-0.4, -0.2) is 29.4 Å². The molecule has 0 aromatic heterocycles. The van der Waals surface area contributed by atoms with Gasteiger partial charge < -0.3 is 9.79 Å². The summed E-state index contributed by atoms with van der Waals surface area (Å²) in [6.07, 6.45) is 1.47. The van der Waals surface area contributed by atoms with Gasteiger partial charge in [0.2, 0.25) is 0 Å². The van der Waals surface area contributed by atoms with Crippen LogP contribution in [0.2, 0.25) is 0 Å². The van der Waals surface area contributed by atoms with Crippen molar-refractivity contribution in [1.82, 2.24) is 0 Å². The number of alkyl halides is 1. The van der Waals surface area contributed by atoms with Gasteiger partial charge in [-0.05, 0) is 9.13 Å². The van der Waals surface area contributed by atoms with E-state index in [-0.39, 0.29) is 23.1 Å². The van der Waals surface area contributed by atoms with Crippen LogP contribution in [0, 0.1) is 0 Å². The molecule has 10 heavy (non-hydrogen) atoms. The van der Waals surface area contributed by atoms with Gasteiger partial charge in [0, 0.05) is 6.38 Å². The fraction of sp³-hybridized carbons (Fsp3) is 1.00. The summed E-state index contributed by atoms with van der Waals surface area (Å²) >= 11 is 4.64. The molecular weight excluding hydrogens is 214 g/mol. The Balaban J connectivity index is -0.000000149. The predicted molar refractivity (Wildman–Crippen MR) is 33.8 cm³/mol. The van der Waals surface area contributed by atoms with E-state index in [1.807, 2.05) is 0 Å². The molecule has 2 unspecified atom stereocenters. The molecule has 0 aliphatic rings. The standard InChI is InChI=1S/CH3Cl.Mg.O5P2/c1-2;;1-6(2)5-7(3)4/h1H3;;/q;+2;. The third kappa shape index (κ3) is 22.9. The van der Waals surface area contributed by atoms with E-state index in [9.17, 15) is 18.9 Å². The molecule has 0 rings (SSSR count). The Morgan fingerprint density at radius 2 is 1.40 bits per heavy atom. The number of hydrogen-bond donors (Lipinski definition) is 0. The first kappa shape index (κ1) is 17.3. The van der Waals surface area contributed by atoms with Crippen molar-refractivity contribution in [3.8, 4) is 0 Å². The first-order valence-corrected chi connectivity index (χ1v) is 4.42. The number of rotatable bonds is 2. The topological polar surface area (TPSA) is 89.5 Å². The van der Waals surface area contributed by atoms with Crippen LogP contribution in [0.4, 0.5) is 0 Å². The van der Waals surface area contributed by atoms with E-state index >= 15 is 0 Å². The molecule has 54 valence electrons. The Hall–Kier alpha value is 1.14. The Bertz CT molecular complexity index is 95.8. The summed E-state index contributed by atoms with van der Waals surface area (Å²) in [6, 6.07) is 0. The van der Waals surface area contributed by atoms with Crippen LogP contribution in [0.5, 0.6) is 0 Å². The van der Waals surface area contributed by atoms with Gasteiger partial charge in [0.1, 0.15) is 4.31 Å². The Morgan fingerprint density at radius 1 is 1.20 bits per heavy atom. The average molecular weight is 217 g/mol. The molecule has 0 aromatic carbocycles. The zero-order valence-electron chi connectivity index (χ0n) is 5.02. The van der Waals surface area contributed by atoms with E-state index in [0.717, 1.165) is 0 Å². The molecule has 0 bridgehead atoms. The van der Waals surface area contributed by atoms with Crippen LogP contribution in [0.15, 0.2) is 0 Å². The van der Waals surface area contributed by atoms with Gasteiger partial charge in [0.05, 0.1) is 0 Å².